The molecule has 0 bridgehead atoms. The average molecular weight is 528 g/mol. The van der Waals surface area contributed by atoms with Crippen LogP contribution in [0.25, 0.3) is 0 Å². The first kappa shape index (κ1) is 24.8. The topological polar surface area (TPSA) is 23.6 Å². The van der Waals surface area contributed by atoms with Crippen molar-refractivity contribution in [2.75, 3.05) is 26.2 Å². The molecule has 3 heterocycles. The molecule has 2 atom stereocenters. The molecule has 3 nitrogen and oxygen atoms in total. The van der Waals surface area contributed by atoms with E-state index in [0.29, 0.717) is 22.5 Å². The lowest BCUT2D eigenvalue weighted by molar-refractivity contribution is 0.0703. The van der Waals surface area contributed by atoms with E-state index < -0.39 is 0 Å². The molecule has 0 aliphatic carbocycles. The van der Waals surface area contributed by atoms with Crippen LogP contribution in [-0.4, -0.2) is 41.9 Å². The molecule has 1 fully saturated rings. The van der Waals surface area contributed by atoms with Gasteiger partial charge in [0.1, 0.15) is 0 Å². The summed E-state index contributed by atoms with van der Waals surface area (Å²) in [5, 5.41) is 3.36. The van der Waals surface area contributed by atoms with E-state index in [4.69, 9.17) is 23.2 Å². The highest BCUT2D eigenvalue weighted by Crippen LogP contribution is 2.45. The highest BCUT2D eigenvalue weighted by Gasteiger charge is 2.41. The molecular weight excluding hydrogens is 495 g/mol. The number of likely N-dealkylation sites (N-methyl/N-ethyl adjacent to an activating group) is 1. The van der Waals surface area contributed by atoms with Gasteiger partial charge in [-0.2, -0.15) is 0 Å². The molecule has 6 heteroatoms. The van der Waals surface area contributed by atoms with Crippen LogP contribution < -0.4 is 0 Å². The smallest absolute Gasteiger partial charge is 0.254 e. The number of halogens is 2. The van der Waals surface area contributed by atoms with Crippen LogP contribution in [0.15, 0.2) is 53.9 Å². The third-order valence-corrected chi connectivity index (χ3v) is 9.48. The van der Waals surface area contributed by atoms with Crippen LogP contribution in [0.5, 0.6) is 0 Å². The second kappa shape index (κ2) is 10.6. The number of benzene rings is 2. The summed E-state index contributed by atoms with van der Waals surface area (Å²) >= 11 is 14.6. The van der Waals surface area contributed by atoms with Gasteiger partial charge in [-0.25, -0.2) is 0 Å². The molecule has 2 unspecified atom stereocenters. The van der Waals surface area contributed by atoms with E-state index in [1.54, 1.807) is 5.56 Å². The van der Waals surface area contributed by atoms with E-state index in [-0.39, 0.29) is 17.9 Å². The molecule has 0 radical (unpaired) electrons. The fourth-order valence-electron chi connectivity index (χ4n) is 6.03. The van der Waals surface area contributed by atoms with Crippen molar-refractivity contribution < 1.29 is 4.79 Å². The zero-order valence-electron chi connectivity index (χ0n) is 20.3. The van der Waals surface area contributed by atoms with Crippen LogP contribution in [0.2, 0.25) is 10.0 Å². The largest absolute Gasteiger partial charge is 0.331 e. The normalized spacial score (nSPS) is 19.8. The molecule has 3 aromatic rings. The fraction of sp³-hybridized carbons (Fsp3) is 0.414. The lowest BCUT2D eigenvalue weighted by Gasteiger charge is -2.36. The summed E-state index contributed by atoms with van der Waals surface area (Å²) in [6.45, 7) is 8.23. The van der Waals surface area contributed by atoms with Crippen LogP contribution >= 0.6 is 34.5 Å². The van der Waals surface area contributed by atoms with Crippen LogP contribution in [-0.2, 0) is 0 Å². The molecule has 2 aliphatic rings. The summed E-state index contributed by atoms with van der Waals surface area (Å²) in [6, 6.07) is 16.4. The minimum Gasteiger partial charge on any atom is -0.331 e. The number of hydrogen-bond acceptors (Lipinski definition) is 3. The first-order valence-electron chi connectivity index (χ1n) is 12.6. The van der Waals surface area contributed by atoms with Gasteiger partial charge in [-0.3, -0.25) is 4.79 Å². The molecule has 35 heavy (non-hydrogen) atoms. The summed E-state index contributed by atoms with van der Waals surface area (Å²) in [6.07, 6.45) is 3.38. The number of likely N-dealkylation sites (tertiary alicyclic amines) is 1. The third kappa shape index (κ3) is 4.91. The Morgan fingerprint density at radius 2 is 1.80 bits per heavy atom. The molecule has 5 rings (SSSR count). The Morgan fingerprint density at radius 1 is 1.03 bits per heavy atom. The first-order valence-corrected chi connectivity index (χ1v) is 14.2. The zero-order valence-corrected chi connectivity index (χ0v) is 22.7. The van der Waals surface area contributed by atoms with Gasteiger partial charge in [0, 0.05) is 22.9 Å². The van der Waals surface area contributed by atoms with Crippen molar-refractivity contribution >= 4 is 40.4 Å². The fourth-order valence-corrected chi connectivity index (χ4v) is 7.13. The lowest BCUT2D eigenvalue weighted by Crippen LogP contribution is -2.36. The van der Waals surface area contributed by atoms with Crippen LogP contribution in [0.4, 0.5) is 0 Å². The average Bonchev–Trinajstić information content (AvgIpc) is 3.42. The number of piperidine rings is 1. The second-order valence-electron chi connectivity index (χ2n) is 9.74. The van der Waals surface area contributed by atoms with E-state index in [1.165, 1.54) is 17.7 Å². The number of carbonyl (C=O) groups is 1. The van der Waals surface area contributed by atoms with E-state index in [9.17, 15) is 4.79 Å². The number of hydrogen-bond donors (Lipinski definition) is 0. The van der Waals surface area contributed by atoms with E-state index in [1.807, 2.05) is 46.6 Å². The van der Waals surface area contributed by atoms with Gasteiger partial charge < -0.3 is 9.80 Å². The Balaban J connectivity index is 1.37. The Morgan fingerprint density at radius 3 is 2.49 bits per heavy atom. The number of aryl methyl sites for hydroxylation is 1. The summed E-state index contributed by atoms with van der Waals surface area (Å²) in [5.41, 5.74) is 4.65. The molecule has 1 aromatic heterocycles. The van der Waals surface area contributed by atoms with Crippen molar-refractivity contribution in [2.45, 2.75) is 51.0 Å². The minimum atomic E-state index is 0.00642. The van der Waals surface area contributed by atoms with Gasteiger partial charge in [0.05, 0.1) is 16.1 Å². The minimum absolute atomic E-state index is 0.00642. The Kier molecular flexibility index (Phi) is 7.55. The quantitative estimate of drug-likeness (QED) is 0.312. The number of fused-ring (bicyclic) bond motifs is 1. The van der Waals surface area contributed by atoms with E-state index in [0.717, 1.165) is 42.7 Å². The number of nitrogens with zero attached hydrogens (tertiary/aromatic N) is 2. The van der Waals surface area contributed by atoms with Gasteiger partial charge in [-0.1, -0.05) is 47.5 Å². The predicted octanol–water partition coefficient (Wildman–Crippen LogP) is 7.93. The van der Waals surface area contributed by atoms with Gasteiger partial charge >= 0.3 is 0 Å². The molecule has 1 saturated heterocycles. The van der Waals surface area contributed by atoms with Crippen LogP contribution in [0, 0.1) is 6.92 Å². The lowest BCUT2D eigenvalue weighted by atomic mass is 9.83. The van der Waals surface area contributed by atoms with Crippen molar-refractivity contribution in [3.63, 3.8) is 0 Å². The van der Waals surface area contributed by atoms with Crippen molar-refractivity contribution in [3.05, 3.63) is 91.1 Å². The third-order valence-electron chi connectivity index (χ3n) is 7.88. The first-order chi connectivity index (χ1) is 17.0. The molecule has 2 aliphatic heterocycles. The van der Waals surface area contributed by atoms with Gasteiger partial charge in [0.15, 0.2) is 0 Å². The summed E-state index contributed by atoms with van der Waals surface area (Å²) < 4.78 is 0. The molecule has 184 valence electrons. The highest BCUT2D eigenvalue weighted by atomic mass is 35.5. The van der Waals surface area contributed by atoms with Crippen molar-refractivity contribution in [1.82, 2.24) is 9.80 Å². The van der Waals surface area contributed by atoms with Gasteiger partial charge in [-0.15, -0.1) is 11.3 Å². The SMILES string of the molecule is CCN1C(=O)c2ccccc2C1C(CCN1CCC(c2ccsc2C)CC1)c1ccc(Cl)c(Cl)c1. The predicted molar refractivity (Wildman–Crippen MR) is 147 cm³/mol. The molecule has 0 saturated carbocycles. The number of carbonyl (C=O) groups excluding carboxylic acids is 1. The van der Waals surface area contributed by atoms with Crippen LogP contribution in [0.3, 0.4) is 0 Å². The maximum atomic E-state index is 13.2. The zero-order chi connectivity index (χ0) is 24.5. The summed E-state index contributed by atoms with van der Waals surface area (Å²) in [7, 11) is 0. The monoisotopic (exact) mass is 526 g/mol. The van der Waals surface area contributed by atoms with Gasteiger partial charge in [0.2, 0.25) is 0 Å². The number of thiophene rings is 1. The maximum Gasteiger partial charge on any atom is 0.254 e. The summed E-state index contributed by atoms with van der Waals surface area (Å²) in [4.78, 5) is 19.3. The Hall–Kier alpha value is -1.85. The molecule has 2 aromatic carbocycles. The maximum absolute atomic E-state index is 13.2. The van der Waals surface area contributed by atoms with Crippen molar-refractivity contribution in [3.8, 4) is 0 Å². The highest BCUT2D eigenvalue weighted by molar-refractivity contribution is 7.10. The van der Waals surface area contributed by atoms with Crippen LogP contribution in [0.1, 0.15) is 76.0 Å². The van der Waals surface area contributed by atoms with Crippen molar-refractivity contribution in [1.29, 1.82) is 0 Å². The molecule has 0 N–H and O–H groups in total. The van der Waals surface area contributed by atoms with E-state index in [2.05, 4.69) is 42.3 Å². The van der Waals surface area contributed by atoms with Gasteiger partial charge in [0.25, 0.3) is 5.91 Å². The van der Waals surface area contributed by atoms with E-state index >= 15 is 0 Å². The Bertz CT molecular complexity index is 1200. The summed E-state index contributed by atoms with van der Waals surface area (Å²) in [5.74, 6) is 0.956. The second-order valence-corrected chi connectivity index (χ2v) is 11.7. The molecular formula is C29H32Cl2N2OS. The van der Waals surface area contributed by atoms with Gasteiger partial charge in [-0.05, 0) is 105 Å². The Labute approximate surface area is 222 Å². The number of rotatable bonds is 7. The van der Waals surface area contributed by atoms with Crippen molar-refractivity contribution in [2.24, 2.45) is 0 Å². The number of amides is 1. The molecule has 1 amide bonds. The molecule has 0 spiro atoms. The standard InChI is InChI=1S/C29H32Cl2N2OS/c1-3-33-28(24-6-4-5-7-25(24)29(33)34)23(21-8-9-26(30)27(31)18-21)12-16-32-14-10-20(11-15-32)22-13-17-35-19(22)2/h4-9,13,17-18,20,23,28H,3,10-12,14-16H2,1-2H3.